The highest BCUT2D eigenvalue weighted by Gasteiger charge is 2.19. The summed E-state index contributed by atoms with van der Waals surface area (Å²) in [6.45, 7) is 7.91. The molecule has 0 spiro atoms. The van der Waals surface area contributed by atoms with Gasteiger partial charge in [-0.15, -0.1) is 0 Å². The summed E-state index contributed by atoms with van der Waals surface area (Å²) in [6.07, 6.45) is 3.74. The molecule has 2 rings (SSSR count). The Hall–Kier alpha value is -2.76. The number of carbonyl (C=O) groups is 1. The zero-order valence-electron chi connectivity index (χ0n) is 13.2. The van der Waals surface area contributed by atoms with E-state index in [9.17, 15) is 14.9 Å². The number of rotatable bonds is 4. The molecule has 0 radical (unpaired) electrons. The first-order valence-corrected chi connectivity index (χ1v) is 7.32. The van der Waals surface area contributed by atoms with Crippen LogP contribution in [-0.4, -0.2) is 16.5 Å². The Morgan fingerprint density at radius 1 is 1.48 bits per heavy atom. The highest BCUT2D eigenvalue weighted by atomic mass is 16.6. The Bertz CT molecular complexity index is 720. The summed E-state index contributed by atoms with van der Waals surface area (Å²) in [5, 5.41) is 14.9. The molecule has 1 aliphatic carbocycles. The molecular weight excluding hydrogens is 294 g/mol. The number of allylic oxidation sites excluding steroid dienone is 3. The van der Waals surface area contributed by atoms with Gasteiger partial charge in [0.2, 0.25) is 0 Å². The number of hydrogen-bond acceptors (Lipinski definition) is 4. The van der Waals surface area contributed by atoms with E-state index in [1.54, 1.807) is 0 Å². The number of hydrogen-bond donors (Lipinski definition) is 1. The van der Waals surface area contributed by atoms with E-state index in [1.807, 2.05) is 13.8 Å². The smallest absolute Gasteiger partial charge is 0.267 e. The van der Waals surface area contributed by atoms with Gasteiger partial charge >= 0.3 is 0 Å². The molecule has 6 nitrogen and oxygen atoms in total. The van der Waals surface area contributed by atoms with Gasteiger partial charge in [-0.25, -0.2) is 5.43 Å². The van der Waals surface area contributed by atoms with Crippen LogP contribution in [0.25, 0.3) is 0 Å². The average molecular weight is 313 g/mol. The first-order valence-electron chi connectivity index (χ1n) is 7.32. The van der Waals surface area contributed by atoms with E-state index in [0.29, 0.717) is 5.92 Å². The Balaban J connectivity index is 2.12. The number of hydrazone groups is 1. The third kappa shape index (κ3) is 4.12. The fourth-order valence-electron chi connectivity index (χ4n) is 2.37. The molecule has 0 saturated heterocycles. The number of nitrogens with one attached hydrogen (secondary N) is 1. The summed E-state index contributed by atoms with van der Waals surface area (Å²) < 4.78 is 0. The van der Waals surface area contributed by atoms with Crippen LogP contribution in [0.5, 0.6) is 0 Å². The molecule has 120 valence electrons. The minimum absolute atomic E-state index is 0.124. The van der Waals surface area contributed by atoms with Gasteiger partial charge in [-0.1, -0.05) is 24.3 Å². The van der Waals surface area contributed by atoms with Crippen molar-refractivity contribution in [3.63, 3.8) is 0 Å². The van der Waals surface area contributed by atoms with Crippen molar-refractivity contribution in [2.75, 3.05) is 0 Å². The lowest BCUT2D eigenvalue weighted by atomic mass is 9.85. The van der Waals surface area contributed by atoms with Gasteiger partial charge in [-0.3, -0.25) is 14.9 Å². The Kier molecular flexibility index (Phi) is 5.05. The third-order valence-electron chi connectivity index (χ3n) is 3.91. The molecule has 1 aromatic carbocycles. The van der Waals surface area contributed by atoms with Crippen LogP contribution in [0.1, 0.15) is 37.0 Å². The topological polar surface area (TPSA) is 84.6 Å². The second-order valence-electron chi connectivity index (χ2n) is 5.68. The molecule has 0 heterocycles. The van der Waals surface area contributed by atoms with Crippen molar-refractivity contribution in [2.24, 2.45) is 11.0 Å². The maximum absolute atomic E-state index is 12.1. The fraction of sp³-hybridized carbons (Fsp3) is 0.294. The van der Waals surface area contributed by atoms with Crippen molar-refractivity contribution < 1.29 is 9.72 Å². The highest BCUT2D eigenvalue weighted by Crippen LogP contribution is 2.26. The minimum Gasteiger partial charge on any atom is -0.267 e. The molecule has 0 aliphatic heterocycles. The number of carbonyl (C=O) groups excluding carboxylic acids is 1. The Morgan fingerprint density at radius 3 is 2.87 bits per heavy atom. The van der Waals surface area contributed by atoms with Crippen LogP contribution in [0.2, 0.25) is 0 Å². The SMILES string of the molecule is C=C(C)[C@H]1CC=C(C)/C(=N\NC(=O)c2cccc([N+](=O)[O-])c2)C1. The van der Waals surface area contributed by atoms with Crippen molar-refractivity contribution in [2.45, 2.75) is 26.7 Å². The normalized spacial score (nSPS) is 19.1. The summed E-state index contributed by atoms with van der Waals surface area (Å²) in [7, 11) is 0. The average Bonchev–Trinajstić information content (AvgIpc) is 2.53. The van der Waals surface area contributed by atoms with Gasteiger partial charge in [-0.05, 0) is 44.2 Å². The predicted octanol–water partition coefficient (Wildman–Crippen LogP) is 3.61. The quantitative estimate of drug-likeness (QED) is 0.523. The summed E-state index contributed by atoms with van der Waals surface area (Å²) in [6, 6.07) is 5.57. The number of non-ortho nitro benzene ring substituents is 1. The van der Waals surface area contributed by atoms with Crippen molar-refractivity contribution >= 4 is 17.3 Å². The first-order chi connectivity index (χ1) is 10.9. The number of benzene rings is 1. The molecule has 1 aromatic rings. The lowest BCUT2D eigenvalue weighted by molar-refractivity contribution is -0.384. The number of amides is 1. The minimum atomic E-state index is -0.534. The summed E-state index contributed by atoms with van der Waals surface area (Å²) in [5.41, 5.74) is 5.49. The van der Waals surface area contributed by atoms with E-state index in [1.165, 1.54) is 24.3 Å². The molecule has 0 bridgehead atoms. The van der Waals surface area contributed by atoms with Crippen molar-refractivity contribution in [3.8, 4) is 0 Å². The largest absolute Gasteiger partial charge is 0.271 e. The molecule has 0 aromatic heterocycles. The lowest BCUT2D eigenvalue weighted by Gasteiger charge is -2.22. The molecule has 23 heavy (non-hydrogen) atoms. The van der Waals surface area contributed by atoms with Crippen LogP contribution < -0.4 is 5.43 Å². The van der Waals surface area contributed by atoms with E-state index in [0.717, 1.165) is 29.7 Å². The van der Waals surface area contributed by atoms with E-state index >= 15 is 0 Å². The molecular formula is C17H19N3O3. The standard InChI is InChI=1S/C17H19N3O3/c1-11(2)13-8-7-12(3)16(10-13)18-19-17(21)14-5-4-6-15(9-14)20(22)23/h4-7,9,13H,1,8,10H2,2-3H3,(H,19,21)/b18-16-/t13-/m0/s1. The molecule has 1 amide bonds. The molecule has 0 saturated carbocycles. The van der Waals surface area contributed by atoms with Crippen LogP contribution in [0, 0.1) is 16.0 Å². The van der Waals surface area contributed by atoms with Crippen molar-refractivity contribution in [1.29, 1.82) is 0 Å². The second kappa shape index (κ2) is 7.00. The van der Waals surface area contributed by atoms with E-state index in [2.05, 4.69) is 23.2 Å². The van der Waals surface area contributed by atoms with Gasteiger partial charge in [0, 0.05) is 17.7 Å². The zero-order chi connectivity index (χ0) is 17.0. The molecule has 0 unspecified atom stereocenters. The van der Waals surface area contributed by atoms with E-state index < -0.39 is 10.8 Å². The molecule has 6 heteroatoms. The maximum atomic E-state index is 12.1. The van der Waals surface area contributed by atoms with E-state index in [4.69, 9.17) is 0 Å². The van der Waals surface area contributed by atoms with Gasteiger partial charge in [0.25, 0.3) is 11.6 Å². The van der Waals surface area contributed by atoms with Crippen LogP contribution in [-0.2, 0) is 0 Å². The Labute approximate surface area is 134 Å². The zero-order valence-corrected chi connectivity index (χ0v) is 13.2. The van der Waals surface area contributed by atoms with Crippen molar-refractivity contribution in [1.82, 2.24) is 5.43 Å². The van der Waals surface area contributed by atoms with Crippen LogP contribution in [0.15, 0.2) is 53.2 Å². The summed E-state index contributed by atoms with van der Waals surface area (Å²) >= 11 is 0. The van der Waals surface area contributed by atoms with Gasteiger partial charge in [-0.2, -0.15) is 5.10 Å². The highest BCUT2D eigenvalue weighted by molar-refractivity contribution is 6.02. The predicted molar refractivity (Wildman–Crippen MR) is 89.3 cm³/mol. The molecule has 0 fully saturated rings. The monoisotopic (exact) mass is 313 g/mol. The number of nitrogens with zero attached hydrogens (tertiary/aromatic N) is 2. The van der Waals surface area contributed by atoms with Crippen LogP contribution >= 0.6 is 0 Å². The van der Waals surface area contributed by atoms with Crippen LogP contribution in [0.4, 0.5) is 5.69 Å². The third-order valence-corrected chi connectivity index (χ3v) is 3.91. The Morgan fingerprint density at radius 2 is 2.22 bits per heavy atom. The van der Waals surface area contributed by atoms with Crippen molar-refractivity contribution in [3.05, 3.63) is 63.7 Å². The first kappa shape index (κ1) is 16.6. The van der Waals surface area contributed by atoms with Gasteiger partial charge in [0.1, 0.15) is 0 Å². The number of nitro groups is 1. The van der Waals surface area contributed by atoms with E-state index in [-0.39, 0.29) is 11.3 Å². The molecule has 1 aliphatic rings. The summed E-state index contributed by atoms with van der Waals surface area (Å²) in [5.74, 6) is -0.140. The van der Waals surface area contributed by atoms with Crippen LogP contribution in [0.3, 0.4) is 0 Å². The fourth-order valence-corrected chi connectivity index (χ4v) is 2.37. The van der Waals surface area contributed by atoms with Gasteiger partial charge in [0.15, 0.2) is 0 Å². The molecule has 1 atom stereocenters. The van der Waals surface area contributed by atoms with Gasteiger partial charge < -0.3 is 0 Å². The lowest BCUT2D eigenvalue weighted by Crippen LogP contribution is -2.23. The summed E-state index contributed by atoms with van der Waals surface area (Å²) in [4.78, 5) is 22.3. The molecule has 1 N–H and O–H groups in total. The second-order valence-corrected chi connectivity index (χ2v) is 5.68. The number of nitro benzene ring substituents is 1. The maximum Gasteiger partial charge on any atom is 0.271 e. The van der Waals surface area contributed by atoms with Gasteiger partial charge in [0.05, 0.1) is 10.6 Å².